The molecule has 0 spiro atoms. The summed E-state index contributed by atoms with van der Waals surface area (Å²) in [6.45, 7) is 6.01. The second kappa shape index (κ2) is 6.13. The summed E-state index contributed by atoms with van der Waals surface area (Å²) >= 11 is 7.93. The highest BCUT2D eigenvalue weighted by Crippen LogP contribution is 2.37. The molecule has 2 heterocycles. The molecular formula is C15H23ClN2S. The molecule has 1 aromatic rings. The Balaban J connectivity index is 1.58. The fourth-order valence-electron chi connectivity index (χ4n) is 3.36. The third-order valence-electron chi connectivity index (χ3n) is 4.51. The van der Waals surface area contributed by atoms with E-state index in [0.29, 0.717) is 12.1 Å². The van der Waals surface area contributed by atoms with Crippen LogP contribution in [0.15, 0.2) is 6.07 Å². The van der Waals surface area contributed by atoms with Crippen LogP contribution in [0.1, 0.15) is 49.1 Å². The minimum atomic E-state index is 0.526. The predicted octanol–water partition coefficient (Wildman–Crippen LogP) is 3.85. The molecule has 1 aliphatic carbocycles. The molecule has 0 amide bonds. The Hall–Kier alpha value is -0.0900. The predicted molar refractivity (Wildman–Crippen MR) is 83.3 cm³/mol. The second-order valence-corrected chi connectivity index (χ2v) is 7.64. The summed E-state index contributed by atoms with van der Waals surface area (Å²) in [5, 5.41) is 3.77. The first kappa shape index (κ1) is 13.9. The zero-order valence-corrected chi connectivity index (χ0v) is 13.2. The summed E-state index contributed by atoms with van der Waals surface area (Å²) < 4.78 is 0.950. The summed E-state index contributed by atoms with van der Waals surface area (Å²) in [6.07, 6.45) is 6.51. The lowest BCUT2D eigenvalue weighted by molar-refractivity contribution is 0.243. The Morgan fingerprint density at radius 1 is 1.42 bits per heavy atom. The quantitative estimate of drug-likeness (QED) is 0.908. The topological polar surface area (TPSA) is 15.3 Å². The van der Waals surface area contributed by atoms with Gasteiger partial charge in [-0.3, -0.25) is 4.90 Å². The maximum atomic E-state index is 6.17. The van der Waals surface area contributed by atoms with Gasteiger partial charge in [0.2, 0.25) is 0 Å². The lowest BCUT2D eigenvalue weighted by Crippen LogP contribution is -2.40. The van der Waals surface area contributed by atoms with Crippen molar-refractivity contribution in [2.75, 3.05) is 19.6 Å². The number of fused-ring (bicyclic) bond motifs is 1. The van der Waals surface area contributed by atoms with E-state index in [2.05, 4.69) is 23.2 Å². The van der Waals surface area contributed by atoms with Gasteiger partial charge in [0.05, 0.1) is 4.34 Å². The van der Waals surface area contributed by atoms with Gasteiger partial charge >= 0.3 is 0 Å². The molecule has 2 atom stereocenters. The molecule has 19 heavy (non-hydrogen) atoms. The first-order valence-electron chi connectivity index (χ1n) is 7.49. The van der Waals surface area contributed by atoms with Crippen LogP contribution >= 0.6 is 22.9 Å². The zero-order chi connectivity index (χ0) is 13.2. The van der Waals surface area contributed by atoms with Gasteiger partial charge in [-0.2, -0.15) is 0 Å². The van der Waals surface area contributed by atoms with E-state index < -0.39 is 0 Å². The average Bonchev–Trinajstić information content (AvgIpc) is 3.03. The highest BCUT2D eigenvalue weighted by Gasteiger charge is 2.24. The van der Waals surface area contributed by atoms with Crippen molar-refractivity contribution in [1.29, 1.82) is 0 Å². The van der Waals surface area contributed by atoms with Crippen molar-refractivity contribution in [3.63, 3.8) is 0 Å². The van der Waals surface area contributed by atoms with Gasteiger partial charge < -0.3 is 5.32 Å². The van der Waals surface area contributed by atoms with Crippen LogP contribution in [0.4, 0.5) is 0 Å². The first-order valence-corrected chi connectivity index (χ1v) is 8.69. The Bertz CT molecular complexity index is 426. The number of rotatable bonds is 4. The first-order chi connectivity index (χ1) is 9.24. The van der Waals surface area contributed by atoms with Gasteiger partial charge in [-0.25, -0.2) is 0 Å². The average molecular weight is 299 g/mol. The zero-order valence-electron chi connectivity index (χ0n) is 11.6. The highest BCUT2D eigenvalue weighted by molar-refractivity contribution is 7.16. The van der Waals surface area contributed by atoms with Gasteiger partial charge in [0.1, 0.15) is 0 Å². The van der Waals surface area contributed by atoms with Crippen LogP contribution in [0.3, 0.4) is 0 Å². The van der Waals surface area contributed by atoms with E-state index in [0.717, 1.165) is 10.9 Å². The molecule has 1 aromatic heterocycles. The van der Waals surface area contributed by atoms with Crippen LogP contribution in [0.5, 0.6) is 0 Å². The largest absolute Gasteiger partial charge is 0.308 e. The molecule has 2 nitrogen and oxygen atoms in total. The standard InChI is InChI=1S/C15H23ClN2S/c1-11(18-7-2-3-8-18)10-17-13-5-4-6-14-12(13)9-15(16)19-14/h9,11,13,17H,2-8,10H2,1H3. The van der Waals surface area contributed by atoms with E-state index >= 15 is 0 Å². The van der Waals surface area contributed by atoms with Crippen molar-refractivity contribution >= 4 is 22.9 Å². The number of halogens is 1. The number of hydrogen-bond acceptors (Lipinski definition) is 3. The van der Waals surface area contributed by atoms with Crippen LogP contribution in [-0.4, -0.2) is 30.6 Å². The fourth-order valence-corrected chi connectivity index (χ4v) is 4.74. The van der Waals surface area contributed by atoms with Crippen molar-refractivity contribution in [1.82, 2.24) is 10.2 Å². The fraction of sp³-hybridized carbons (Fsp3) is 0.733. The van der Waals surface area contributed by atoms with Crippen molar-refractivity contribution in [3.05, 3.63) is 20.8 Å². The molecular weight excluding hydrogens is 276 g/mol. The van der Waals surface area contributed by atoms with Crippen molar-refractivity contribution in [2.24, 2.45) is 0 Å². The number of nitrogens with zero attached hydrogens (tertiary/aromatic N) is 1. The van der Waals surface area contributed by atoms with Crippen molar-refractivity contribution in [2.45, 2.75) is 51.1 Å². The van der Waals surface area contributed by atoms with Crippen LogP contribution in [0, 0.1) is 0 Å². The van der Waals surface area contributed by atoms with Crippen LogP contribution < -0.4 is 5.32 Å². The molecule has 1 N–H and O–H groups in total. The lowest BCUT2D eigenvalue weighted by atomic mass is 9.94. The van der Waals surface area contributed by atoms with Gasteiger partial charge in [-0.1, -0.05) is 11.6 Å². The van der Waals surface area contributed by atoms with E-state index in [1.54, 1.807) is 11.3 Å². The normalized spacial score (nSPS) is 25.5. The molecule has 0 bridgehead atoms. The van der Waals surface area contributed by atoms with Crippen LogP contribution in [0.25, 0.3) is 0 Å². The second-order valence-electron chi connectivity index (χ2n) is 5.87. The van der Waals surface area contributed by atoms with Crippen molar-refractivity contribution in [3.8, 4) is 0 Å². The van der Waals surface area contributed by atoms with Crippen molar-refractivity contribution < 1.29 is 0 Å². The summed E-state index contributed by atoms with van der Waals surface area (Å²) in [7, 11) is 0. The Labute approximate surface area is 125 Å². The van der Waals surface area contributed by atoms with E-state index in [1.807, 2.05) is 0 Å². The van der Waals surface area contributed by atoms with Crippen LogP contribution in [-0.2, 0) is 6.42 Å². The van der Waals surface area contributed by atoms with Gasteiger partial charge in [0, 0.05) is 23.5 Å². The van der Waals surface area contributed by atoms with E-state index in [1.165, 1.54) is 55.6 Å². The summed E-state index contributed by atoms with van der Waals surface area (Å²) in [6, 6.07) is 3.36. The Morgan fingerprint density at radius 3 is 3.00 bits per heavy atom. The highest BCUT2D eigenvalue weighted by atomic mass is 35.5. The Morgan fingerprint density at radius 2 is 2.21 bits per heavy atom. The minimum absolute atomic E-state index is 0.526. The van der Waals surface area contributed by atoms with Gasteiger partial charge in [-0.05, 0) is 63.7 Å². The molecule has 0 radical (unpaired) electrons. The number of hydrogen-bond donors (Lipinski definition) is 1. The minimum Gasteiger partial charge on any atom is -0.308 e. The van der Waals surface area contributed by atoms with E-state index in [4.69, 9.17) is 11.6 Å². The van der Waals surface area contributed by atoms with E-state index in [-0.39, 0.29) is 0 Å². The monoisotopic (exact) mass is 298 g/mol. The SMILES string of the molecule is CC(CNC1CCCc2sc(Cl)cc21)N1CCCC1. The summed E-state index contributed by atoms with van der Waals surface area (Å²) in [4.78, 5) is 4.11. The van der Waals surface area contributed by atoms with Gasteiger partial charge in [-0.15, -0.1) is 11.3 Å². The molecule has 106 valence electrons. The number of thiophene rings is 1. The third-order valence-corrected chi connectivity index (χ3v) is 5.85. The maximum Gasteiger partial charge on any atom is 0.0934 e. The lowest BCUT2D eigenvalue weighted by Gasteiger charge is -2.29. The molecule has 1 fully saturated rings. The molecule has 2 aliphatic rings. The third kappa shape index (κ3) is 3.15. The summed E-state index contributed by atoms with van der Waals surface area (Å²) in [5.41, 5.74) is 1.47. The molecule has 0 saturated carbocycles. The maximum absolute atomic E-state index is 6.17. The number of aryl methyl sites for hydroxylation is 1. The molecule has 1 aliphatic heterocycles. The summed E-state index contributed by atoms with van der Waals surface area (Å²) in [5.74, 6) is 0. The van der Waals surface area contributed by atoms with Gasteiger partial charge in [0.25, 0.3) is 0 Å². The molecule has 4 heteroatoms. The van der Waals surface area contributed by atoms with E-state index in [9.17, 15) is 0 Å². The van der Waals surface area contributed by atoms with Gasteiger partial charge in [0.15, 0.2) is 0 Å². The molecule has 3 rings (SSSR count). The number of likely N-dealkylation sites (tertiary alicyclic amines) is 1. The molecule has 1 saturated heterocycles. The molecule has 0 aromatic carbocycles. The number of nitrogens with one attached hydrogen (secondary N) is 1. The smallest absolute Gasteiger partial charge is 0.0934 e. The molecule has 2 unspecified atom stereocenters. The van der Waals surface area contributed by atoms with Crippen LogP contribution in [0.2, 0.25) is 4.34 Å². The Kier molecular flexibility index (Phi) is 4.47.